The summed E-state index contributed by atoms with van der Waals surface area (Å²) in [6, 6.07) is 9.44. The van der Waals surface area contributed by atoms with E-state index >= 15 is 0 Å². The molecule has 0 saturated heterocycles. The van der Waals surface area contributed by atoms with Crippen molar-refractivity contribution >= 4 is 24.0 Å². The van der Waals surface area contributed by atoms with Gasteiger partial charge < -0.3 is 15.4 Å². The average Bonchev–Trinajstić information content (AvgIpc) is 3.35. The second-order valence-corrected chi connectivity index (χ2v) is 6.53. The highest BCUT2D eigenvalue weighted by Crippen LogP contribution is 2.27. The Bertz CT molecular complexity index is 1060. The van der Waals surface area contributed by atoms with Gasteiger partial charge >= 0.3 is 5.97 Å². The summed E-state index contributed by atoms with van der Waals surface area (Å²) < 4.78 is 6.59. The minimum absolute atomic E-state index is 0.271. The number of nitrogens with one attached hydrogen (secondary N) is 3. The zero-order chi connectivity index (χ0) is 24.1. The standard InChI is InChI=1S/C20H20N6O3.C3H9N/c1-3-29-19(28)16-11-24-26(12-16)18-9-14(15-5-4-8-22-10-15)6-7-17(18)25-20(21-2)23-13-27;1-3-4-2/h4-13H,3H2,1-2H3,(H2,21,23,25,27);4H,3H2,1-2H3. The normalized spacial score (nSPS) is 10.6. The lowest BCUT2D eigenvalue weighted by Crippen LogP contribution is -2.29. The minimum atomic E-state index is -0.449. The third-order valence-corrected chi connectivity index (χ3v) is 4.36. The van der Waals surface area contributed by atoms with Gasteiger partial charge in [-0.1, -0.05) is 19.1 Å². The van der Waals surface area contributed by atoms with Crippen molar-refractivity contribution in [2.75, 3.05) is 32.6 Å². The quantitative estimate of drug-likeness (QED) is 0.218. The van der Waals surface area contributed by atoms with Gasteiger partial charge in [-0.05, 0) is 44.3 Å². The van der Waals surface area contributed by atoms with Gasteiger partial charge in [0.1, 0.15) is 0 Å². The van der Waals surface area contributed by atoms with Crippen LogP contribution in [0.4, 0.5) is 5.69 Å². The van der Waals surface area contributed by atoms with E-state index in [4.69, 9.17) is 4.74 Å². The number of aliphatic imine (C=N–C) groups is 1. The van der Waals surface area contributed by atoms with Gasteiger partial charge in [-0.3, -0.25) is 20.1 Å². The van der Waals surface area contributed by atoms with Crippen molar-refractivity contribution in [1.29, 1.82) is 0 Å². The molecule has 1 aromatic carbocycles. The van der Waals surface area contributed by atoms with Crippen LogP contribution < -0.4 is 16.0 Å². The lowest BCUT2D eigenvalue weighted by molar-refractivity contribution is -0.108. The summed E-state index contributed by atoms with van der Waals surface area (Å²) in [5, 5.41) is 12.8. The molecule has 0 atom stereocenters. The molecular weight excluding hydrogens is 422 g/mol. The van der Waals surface area contributed by atoms with Crippen LogP contribution in [0.2, 0.25) is 0 Å². The number of amides is 1. The molecule has 0 radical (unpaired) electrons. The Morgan fingerprint density at radius 1 is 1.21 bits per heavy atom. The lowest BCUT2D eigenvalue weighted by atomic mass is 10.1. The molecule has 1 amide bonds. The Labute approximate surface area is 193 Å². The molecule has 0 aliphatic heterocycles. The summed E-state index contributed by atoms with van der Waals surface area (Å²) in [6.07, 6.45) is 7.02. The first-order valence-corrected chi connectivity index (χ1v) is 10.4. The minimum Gasteiger partial charge on any atom is -0.462 e. The van der Waals surface area contributed by atoms with Crippen LogP contribution in [0.1, 0.15) is 24.2 Å². The highest BCUT2D eigenvalue weighted by molar-refractivity contribution is 6.00. The third kappa shape index (κ3) is 7.25. The molecule has 10 nitrogen and oxygen atoms in total. The van der Waals surface area contributed by atoms with Gasteiger partial charge in [-0.25, -0.2) is 9.48 Å². The van der Waals surface area contributed by atoms with Crippen LogP contribution in [0.15, 0.2) is 60.1 Å². The Morgan fingerprint density at radius 3 is 2.61 bits per heavy atom. The topological polar surface area (TPSA) is 123 Å². The number of aromatic nitrogens is 3. The smallest absolute Gasteiger partial charge is 0.341 e. The lowest BCUT2D eigenvalue weighted by Gasteiger charge is -2.14. The molecule has 0 bridgehead atoms. The zero-order valence-electron chi connectivity index (χ0n) is 19.2. The Morgan fingerprint density at radius 2 is 2.00 bits per heavy atom. The van der Waals surface area contributed by atoms with Gasteiger partial charge in [-0.15, -0.1) is 0 Å². The van der Waals surface area contributed by atoms with E-state index in [2.05, 4.69) is 37.9 Å². The fraction of sp³-hybridized carbons (Fsp3) is 0.261. The molecule has 2 aromatic heterocycles. The van der Waals surface area contributed by atoms with E-state index in [1.165, 1.54) is 6.20 Å². The number of benzene rings is 1. The Balaban J connectivity index is 0.000000890. The molecule has 33 heavy (non-hydrogen) atoms. The van der Waals surface area contributed by atoms with Gasteiger partial charge in [0, 0.05) is 31.2 Å². The first kappa shape index (κ1) is 25.2. The fourth-order valence-corrected chi connectivity index (χ4v) is 2.65. The van der Waals surface area contributed by atoms with E-state index in [0.29, 0.717) is 23.3 Å². The molecular formula is C23H29N7O3. The maximum Gasteiger partial charge on any atom is 0.341 e. The number of hydrogen-bond acceptors (Lipinski definition) is 7. The fourth-order valence-electron chi connectivity index (χ4n) is 2.65. The number of nitrogens with zero attached hydrogens (tertiary/aromatic N) is 4. The van der Waals surface area contributed by atoms with Crippen molar-refractivity contribution < 1.29 is 14.3 Å². The molecule has 3 rings (SSSR count). The first-order valence-electron chi connectivity index (χ1n) is 10.4. The van der Waals surface area contributed by atoms with Gasteiger partial charge in [-0.2, -0.15) is 5.10 Å². The van der Waals surface area contributed by atoms with Crippen LogP contribution >= 0.6 is 0 Å². The molecule has 0 aliphatic carbocycles. The molecule has 3 N–H and O–H groups in total. The van der Waals surface area contributed by atoms with Crippen molar-refractivity contribution in [3.8, 4) is 16.8 Å². The third-order valence-electron chi connectivity index (χ3n) is 4.36. The van der Waals surface area contributed by atoms with Crippen LogP contribution in [0.3, 0.4) is 0 Å². The van der Waals surface area contributed by atoms with Crippen molar-refractivity contribution in [1.82, 2.24) is 25.4 Å². The monoisotopic (exact) mass is 451 g/mol. The van der Waals surface area contributed by atoms with Gasteiger partial charge in [0.2, 0.25) is 12.4 Å². The number of pyridine rings is 1. The van der Waals surface area contributed by atoms with Crippen molar-refractivity contribution in [2.24, 2.45) is 4.99 Å². The van der Waals surface area contributed by atoms with E-state index in [0.717, 1.165) is 17.7 Å². The molecule has 2 heterocycles. The Kier molecular flexibility index (Phi) is 10.2. The predicted molar refractivity (Wildman–Crippen MR) is 129 cm³/mol. The maximum atomic E-state index is 12.0. The van der Waals surface area contributed by atoms with E-state index < -0.39 is 5.97 Å². The largest absolute Gasteiger partial charge is 0.462 e. The summed E-state index contributed by atoms with van der Waals surface area (Å²) in [5.74, 6) is -0.178. The van der Waals surface area contributed by atoms with E-state index in [1.54, 1.807) is 37.2 Å². The molecule has 3 aromatic rings. The molecule has 0 aliphatic rings. The number of hydrogen-bond donors (Lipinski definition) is 3. The van der Waals surface area contributed by atoms with Crippen molar-refractivity contribution in [3.63, 3.8) is 0 Å². The summed E-state index contributed by atoms with van der Waals surface area (Å²) in [4.78, 5) is 30.9. The zero-order valence-corrected chi connectivity index (χ0v) is 19.2. The van der Waals surface area contributed by atoms with Crippen LogP contribution in [-0.4, -0.2) is 60.4 Å². The Hall–Kier alpha value is -4.05. The summed E-state index contributed by atoms with van der Waals surface area (Å²) >= 11 is 0. The van der Waals surface area contributed by atoms with Gasteiger partial charge in [0.05, 0.1) is 29.7 Å². The number of carbonyl (C=O) groups is 2. The first-order chi connectivity index (χ1) is 16.1. The van der Waals surface area contributed by atoms with E-state index in [-0.39, 0.29) is 12.6 Å². The molecule has 10 heteroatoms. The van der Waals surface area contributed by atoms with Crippen LogP contribution in [-0.2, 0) is 9.53 Å². The second kappa shape index (κ2) is 13.4. The van der Waals surface area contributed by atoms with Crippen LogP contribution in [0.5, 0.6) is 0 Å². The highest BCUT2D eigenvalue weighted by Gasteiger charge is 2.14. The van der Waals surface area contributed by atoms with Crippen LogP contribution in [0, 0.1) is 0 Å². The summed E-state index contributed by atoms with van der Waals surface area (Å²) in [5.41, 5.74) is 3.44. The van der Waals surface area contributed by atoms with Gasteiger partial charge in [0.25, 0.3) is 0 Å². The summed E-state index contributed by atoms with van der Waals surface area (Å²) in [7, 11) is 3.48. The SMILES string of the molecule is CCNC.CCOC(=O)c1cnn(-c2cc(-c3cccnc3)ccc2NC(=NC)NC=O)c1. The molecule has 0 saturated carbocycles. The van der Waals surface area contributed by atoms with Gasteiger partial charge in [0.15, 0.2) is 0 Å². The van der Waals surface area contributed by atoms with Crippen molar-refractivity contribution in [2.45, 2.75) is 13.8 Å². The average molecular weight is 452 g/mol. The predicted octanol–water partition coefficient (Wildman–Crippen LogP) is 2.48. The second-order valence-electron chi connectivity index (χ2n) is 6.53. The number of rotatable bonds is 7. The number of carbonyl (C=O) groups excluding carboxylic acids is 2. The summed E-state index contributed by atoms with van der Waals surface area (Å²) in [6.45, 7) is 5.16. The molecule has 0 spiro atoms. The number of ether oxygens (including phenoxy) is 1. The molecule has 0 unspecified atom stereocenters. The van der Waals surface area contributed by atoms with Crippen molar-refractivity contribution in [3.05, 3.63) is 60.7 Å². The maximum absolute atomic E-state index is 12.0. The van der Waals surface area contributed by atoms with E-state index in [9.17, 15) is 9.59 Å². The number of guanidine groups is 1. The van der Waals surface area contributed by atoms with E-state index in [1.807, 2.05) is 37.4 Å². The van der Waals surface area contributed by atoms with Crippen LogP contribution in [0.25, 0.3) is 16.8 Å². The number of esters is 1. The highest BCUT2D eigenvalue weighted by atomic mass is 16.5. The molecule has 0 fully saturated rings. The molecule has 174 valence electrons. The number of anilines is 1.